The third kappa shape index (κ3) is 2.73. The number of anilines is 1. The Morgan fingerprint density at radius 2 is 1.85 bits per heavy atom. The number of aromatic nitrogens is 2. The third-order valence-corrected chi connectivity index (χ3v) is 4.60. The highest BCUT2D eigenvalue weighted by atomic mass is 16.3. The summed E-state index contributed by atoms with van der Waals surface area (Å²) in [7, 11) is 0. The number of nitrogens with one attached hydrogen (secondary N) is 2. The first-order chi connectivity index (χ1) is 12.6. The highest BCUT2D eigenvalue weighted by Gasteiger charge is 2.22. The number of para-hydroxylation sites is 2. The zero-order chi connectivity index (χ0) is 18.1. The Kier molecular flexibility index (Phi) is 3.97. The molecule has 0 aliphatic rings. The zero-order valence-electron chi connectivity index (χ0n) is 14.3. The van der Waals surface area contributed by atoms with Crippen molar-refractivity contribution in [3.8, 4) is 11.5 Å². The van der Waals surface area contributed by atoms with E-state index >= 15 is 0 Å². The van der Waals surface area contributed by atoms with Gasteiger partial charge in [-0.3, -0.25) is 4.98 Å². The third-order valence-electron chi connectivity index (χ3n) is 4.60. The van der Waals surface area contributed by atoms with Gasteiger partial charge in [0, 0.05) is 40.6 Å². The van der Waals surface area contributed by atoms with E-state index in [2.05, 4.69) is 28.3 Å². The molecule has 4 aromatic rings. The molecule has 130 valence electrons. The summed E-state index contributed by atoms with van der Waals surface area (Å²) in [5.74, 6) is -0.271. The fraction of sp³-hybridized carbons (Fsp3) is 0.0952. The summed E-state index contributed by atoms with van der Waals surface area (Å²) in [4.78, 5) is 7.47. The van der Waals surface area contributed by atoms with E-state index in [0.29, 0.717) is 5.56 Å². The Hall–Kier alpha value is -3.47. The molecule has 2 aromatic heterocycles. The monoisotopic (exact) mass is 345 g/mol. The summed E-state index contributed by atoms with van der Waals surface area (Å²) >= 11 is 0. The summed E-state index contributed by atoms with van der Waals surface area (Å²) < 4.78 is 0. The Morgan fingerprint density at radius 1 is 1.00 bits per heavy atom. The van der Waals surface area contributed by atoms with Crippen LogP contribution in [0.5, 0.6) is 11.5 Å². The van der Waals surface area contributed by atoms with E-state index in [4.69, 9.17) is 0 Å². The molecule has 26 heavy (non-hydrogen) atoms. The van der Waals surface area contributed by atoms with Crippen LogP contribution in [0.15, 0.2) is 67.1 Å². The first-order valence-electron chi connectivity index (χ1n) is 8.39. The number of fused-ring (bicyclic) bond motifs is 1. The molecule has 0 radical (unpaired) electrons. The van der Waals surface area contributed by atoms with Gasteiger partial charge >= 0.3 is 0 Å². The van der Waals surface area contributed by atoms with Gasteiger partial charge in [0.15, 0.2) is 11.5 Å². The molecule has 0 amide bonds. The van der Waals surface area contributed by atoms with Crippen LogP contribution < -0.4 is 5.32 Å². The van der Waals surface area contributed by atoms with Crippen LogP contribution in [0.4, 0.5) is 5.69 Å². The molecule has 2 aromatic carbocycles. The van der Waals surface area contributed by atoms with E-state index < -0.39 is 0 Å². The van der Waals surface area contributed by atoms with Crippen molar-refractivity contribution in [2.75, 3.05) is 5.32 Å². The Morgan fingerprint density at radius 3 is 2.65 bits per heavy atom. The molecule has 0 bridgehead atoms. The SMILES string of the molecule is Cc1cccc2c(C(Nc3cccnc3)c3cccc(O)c3O)c[nH]c12. The summed E-state index contributed by atoms with van der Waals surface area (Å²) in [6.07, 6.45) is 5.38. The molecule has 0 aliphatic heterocycles. The Labute approximate surface area is 151 Å². The number of aromatic hydroxyl groups is 2. The van der Waals surface area contributed by atoms with E-state index in [-0.39, 0.29) is 17.5 Å². The van der Waals surface area contributed by atoms with Gasteiger partial charge in [-0.15, -0.1) is 0 Å². The van der Waals surface area contributed by atoms with Crippen LogP contribution in [0.1, 0.15) is 22.7 Å². The van der Waals surface area contributed by atoms with E-state index in [1.54, 1.807) is 24.5 Å². The Bertz CT molecular complexity index is 1060. The van der Waals surface area contributed by atoms with Crippen LogP contribution in [-0.4, -0.2) is 20.2 Å². The average Bonchev–Trinajstić information content (AvgIpc) is 3.08. The van der Waals surface area contributed by atoms with Crippen molar-refractivity contribution in [3.05, 3.63) is 83.8 Å². The number of hydrogen-bond acceptors (Lipinski definition) is 4. The topological polar surface area (TPSA) is 81.2 Å². The summed E-state index contributed by atoms with van der Waals surface area (Å²) in [5.41, 5.74) is 4.60. The number of phenols is 2. The van der Waals surface area contributed by atoms with Gasteiger partial charge in [0.05, 0.1) is 11.7 Å². The lowest BCUT2D eigenvalue weighted by atomic mass is 9.96. The number of phenolic OH excluding ortho intramolecular Hbond substituents is 2. The van der Waals surface area contributed by atoms with Gasteiger partial charge in [-0.1, -0.05) is 30.3 Å². The minimum atomic E-state index is -0.359. The van der Waals surface area contributed by atoms with Crippen LogP contribution in [0.3, 0.4) is 0 Å². The standard InChI is InChI=1S/C21H19N3O2/c1-13-5-2-7-15-17(12-23-19(13)15)20(24-14-6-4-10-22-11-14)16-8-3-9-18(25)21(16)26/h2-12,20,23-26H,1H3. The zero-order valence-corrected chi connectivity index (χ0v) is 14.3. The Balaban J connectivity index is 1.90. The molecule has 0 fully saturated rings. The molecule has 0 saturated heterocycles. The van der Waals surface area contributed by atoms with Crippen molar-refractivity contribution in [2.45, 2.75) is 13.0 Å². The van der Waals surface area contributed by atoms with Crippen molar-refractivity contribution in [3.63, 3.8) is 0 Å². The second-order valence-electron chi connectivity index (χ2n) is 6.28. The van der Waals surface area contributed by atoms with E-state index in [0.717, 1.165) is 27.7 Å². The largest absolute Gasteiger partial charge is 0.504 e. The lowest BCUT2D eigenvalue weighted by molar-refractivity contribution is 0.398. The van der Waals surface area contributed by atoms with Gasteiger partial charge in [-0.25, -0.2) is 0 Å². The predicted molar refractivity (Wildman–Crippen MR) is 103 cm³/mol. The van der Waals surface area contributed by atoms with E-state index in [1.165, 1.54) is 6.07 Å². The molecule has 5 heteroatoms. The first kappa shape index (κ1) is 16.0. The molecule has 5 nitrogen and oxygen atoms in total. The number of aromatic amines is 1. The van der Waals surface area contributed by atoms with Gasteiger partial charge in [0.25, 0.3) is 0 Å². The molecule has 1 unspecified atom stereocenters. The normalized spacial score (nSPS) is 12.2. The van der Waals surface area contributed by atoms with Gasteiger partial charge in [0.1, 0.15) is 0 Å². The molecule has 0 saturated carbocycles. The van der Waals surface area contributed by atoms with Gasteiger partial charge in [-0.05, 0) is 30.7 Å². The molecule has 4 N–H and O–H groups in total. The minimum Gasteiger partial charge on any atom is -0.504 e. The number of H-pyrrole nitrogens is 1. The maximum Gasteiger partial charge on any atom is 0.163 e. The average molecular weight is 345 g/mol. The van der Waals surface area contributed by atoms with Crippen LogP contribution >= 0.6 is 0 Å². The minimum absolute atomic E-state index is 0.129. The second-order valence-corrected chi connectivity index (χ2v) is 6.28. The number of aryl methyl sites for hydroxylation is 1. The molecule has 0 spiro atoms. The lowest BCUT2D eigenvalue weighted by Gasteiger charge is -2.21. The van der Waals surface area contributed by atoms with Crippen molar-refractivity contribution in [1.82, 2.24) is 9.97 Å². The van der Waals surface area contributed by atoms with Gasteiger partial charge in [0.2, 0.25) is 0 Å². The van der Waals surface area contributed by atoms with Crippen molar-refractivity contribution in [1.29, 1.82) is 0 Å². The van der Waals surface area contributed by atoms with Crippen molar-refractivity contribution < 1.29 is 10.2 Å². The number of nitrogens with zero attached hydrogens (tertiary/aromatic N) is 1. The van der Waals surface area contributed by atoms with Gasteiger partial charge in [-0.2, -0.15) is 0 Å². The fourth-order valence-corrected chi connectivity index (χ4v) is 3.29. The molecular formula is C21H19N3O2. The molecular weight excluding hydrogens is 326 g/mol. The van der Waals surface area contributed by atoms with Crippen LogP contribution in [-0.2, 0) is 0 Å². The summed E-state index contributed by atoms with van der Waals surface area (Å²) in [6.45, 7) is 2.05. The number of benzene rings is 2. The smallest absolute Gasteiger partial charge is 0.163 e. The maximum atomic E-state index is 10.5. The fourth-order valence-electron chi connectivity index (χ4n) is 3.29. The van der Waals surface area contributed by atoms with Gasteiger partial charge < -0.3 is 20.5 Å². The summed E-state index contributed by atoms with van der Waals surface area (Å²) in [5, 5.41) is 24.9. The predicted octanol–water partition coefficient (Wildman–Crippen LogP) is 4.48. The van der Waals surface area contributed by atoms with Crippen LogP contribution in [0.2, 0.25) is 0 Å². The maximum absolute atomic E-state index is 10.5. The van der Waals surface area contributed by atoms with Crippen molar-refractivity contribution >= 4 is 16.6 Å². The van der Waals surface area contributed by atoms with Crippen LogP contribution in [0.25, 0.3) is 10.9 Å². The number of pyridine rings is 1. The molecule has 4 rings (SSSR count). The summed E-state index contributed by atoms with van der Waals surface area (Å²) in [6, 6.07) is 14.5. The number of hydrogen-bond donors (Lipinski definition) is 4. The second kappa shape index (κ2) is 6.44. The van der Waals surface area contributed by atoms with Crippen LogP contribution in [0, 0.1) is 6.92 Å². The molecule has 0 aliphatic carbocycles. The van der Waals surface area contributed by atoms with E-state index in [1.807, 2.05) is 30.5 Å². The first-order valence-corrected chi connectivity index (χ1v) is 8.39. The highest BCUT2D eigenvalue weighted by molar-refractivity contribution is 5.87. The highest BCUT2D eigenvalue weighted by Crippen LogP contribution is 2.39. The quantitative estimate of drug-likeness (QED) is 0.411. The molecule has 1 atom stereocenters. The lowest BCUT2D eigenvalue weighted by Crippen LogP contribution is -2.12. The molecule has 2 heterocycles. The number of rotatable bonds is 4. The van der Waals surface area contributed by atoms with Crippen molar-refractivity contribution in [2.24, 2.45) is 0 Å². The van der Waals surface area contributed by atoms with E-state index in [9.17, 15) is 10.2 Å².